The third kappa shape index (κ3) is 6.69. The highest BCUT2D eigenvalue weighted by molar-refractivity contribution is 14.1. The van der Waals surface area contributed by atoms with Gasteiger partial charge in [-0.25, -0.2) is 0 Å². The van der Waals surface area contributed by atoms with Gasteiger partial charge in [0.15, 0.2) is 0 Å². The van der Waals surface area contributed by atoms with Crippen molar-refractivity contribution in [2.75, 3.05) is 17.6 Å². The van der Waals surface area contributed by atoms with E-state index in [4.69, 9.17) is 4.74 Å². The van der Waals surface area contributed by atoms with Crippen molar-refractivity contribution in [3.05, 3.63) is 0 Å². The predicted molar refractivity (Wildman–Crippen MR) is 44.6 cm³/mol. The van der Waals surface area contributed by atoms with Crippen molar-refractivity contribution >= 4 is 22.6 Å². The van der Waals surface area contributed by atoms with E-state index in [1.54, 1.807) is 0 Å². The summed E-state index contributed by atoms with van der Waals surface area (Å²) < 4.78 is 6.01. The number of halogens is 1. The van der Waals surface area contributed by atoms with Gasteiger partial charge in [0.1, 0.15) is 0 Å². The smallest absolute Gasteiger partial charge is 0.0488 e. The summed E-state index contributed by atoms with van der Waals surface area (Å²) >= 11 is 2.35. The quantitative estimate of drug-likeness (QED) is 0.494. The highest BCUT2D eigenvalue weighted by atomic mass is 127. The molecule has 0 aliphatic carbocycles. The van der Waals surface area contributed by atoms with Crippen LogP contribution in [0.2, 0.25) is 0 Å². The Morgan fingerprint density at radius 3 is 1.75 bits per heavy atom. The van der Waals surface area contributed by atoms with Gasteiger partial charge in [0.05, 0.1) is 0 Å². The summed E-state index contributed by atoms with van der Waals surface area (Å²) in [5, 5.41) is 0. The predicted octanol–water partition coefficient (Wildman–Crippen LogP) is 2.24. The van der Waals surface area contributed by atoms with Crippen LogP contribution in [-0.4, -0.2) is 17.6 Å². The normalized spacial score (nSPS) is 15.8. The van der Waals surface area contributed by atoms with Gasteiger partial charge in [-0.05, 0) is 17.3 Å². The minimum atomic E-state index is 1.00. The van der Waals surface area contributed by atoms with E-state index in [2.05, 4.69) is 29.5 Å². The highest BCUT2D eigenvalue weighted by Gasteiger charge is 1.94. The van der Waals surface area contributed by atoms with Crippen LogP contribution in [0.15, 0.2) is 0 Å². The van der Waals surface area contributed by atoms with E-state index in [0.29, 0.717) is 0 Å². The first-order valence-corrected chi connectivity index (χ1v) is 4.58. The van der Waals surface area contributed by atoms with E-state index in [9.17, 15) is 0 Å². The van der Waals surface area contributed by atoms with Gasteiger partial charge < -0.3 is 4.74 Å². The van der Waals surface area contributed by atoms with Gasteiger partial charge in [0.25, 0.3) is 0 Å². The molecule has 0 aromatic heterocycles. The summed E-state index contributed by atoms with van der Waals surface area (Å²) in [4.78, 5) is 0. The molecule has 0 bridgehead atoms. The van der Waals surface area contributed by atoms with E-state index in [-0.39, 0.29) is 0 Å². The summed E-state index contributed by atoms with van der Waals surface area (Å²) in [6.45, 7) is 4.17. The highest BCUT2D eigenvalue weighted by Crippen LogP contribution is 1.93. The fraction of sp³-hybridized carbons (Fsp3) is 1.00. The van der Waals surface area contributed by atoms with Crippen molar-refractivity contribution in [2.24, 2.45) is 0 Å². The molecule has 1 rings (SSSR count). The second-order valence-electron chi connectivity index (χ2n) is 1.65. The number of alkyl halides is 1. The topological polar surface area (TPSA) is 9.23 Å². The molecular formula is C6H13IO. The van der Waals surface area contributed by atoms with Crippen LogP contribution in [0.5, 0.6) is 0 Å². The maximum atomic E-state index is 4.72. The molecule has 0 radical (unpaired) electrons. The lowest BCUT2D eigenvalue weighted by Crippen LogP contribution is -2.09. The molecule has 1 nitrogen and oxygen atoms in total. The molecule has 0 aromatic rings. The monoisotopic (exact) mass is 228 g/mol. The van der Waals surface area contributed by atoms with Crippen LogP contribution >= 0.6 is 22.6 Å². The van der Waals surface area contributed by atoms with Crippen LogP contribution in [0.25, 0.3) is 0 Å². The first kappa shape index (κ1) is 8.69. The molecule has 0 N–H and O–H groups in total. The molecule has 0 amide bonds. The van der Waals surface area contributed by atoms with Crippen molar-refractivity contribution in [3.63, 3.8) is 0 Å². The Morgan fingerprint density at radius 2 is 1.75 bits per heavy atom. The van der Waals surface area contributed by atoms with E-state index >= 15 is 0 Å². The fourth-order valence-electron chi connectivity index (χ4n) is 0.144. The van der Waals surface area contributed by atoms with Crippen LogP contribution in [0, 0.1) is 0 Å². The molecule has 0 unspecified atom stereocenters. The molecule has 1 heterocycles. The van der Waals surface area contributed by atoms with Gasteiger partial charge in [-0.15, -0.1) is 0 Å². The lowest BCUT2D eigenvalue weighted by atomic mass is 10.4. The number of ether oxygens (including phenoxy) is 1. The van der Waals surface area contributed by atoms with Crippen molar-refractivity contribution in [2.45, 2.75) is 19.8 Å². The number of rotatable bonds is 1. The number of hydrogen-bond acceptors (Lipinski definition) is 1. The molecule has 2 heteroatoms. The Kier molecular flexibility index (Phi) is 8.35. The summed E-state index contributed by atoms with van der Waals surface area (Å²) in [6, 6.07) is 0. The Balaban J connectivity index is 0.000000122. The zero-order valence-corrected chi connectivity index (χ0v) is 7.48. The Morgan fingerprint density at radius 1 is 1.50 bits per heavy atom. The van der Waals surface area contributed by atoms with E-state index in [0.717, 1.165) is 13.2 Å². The van der Waals surface area contributed by atoms with Gasteiger partial charge >= 0.3 is 0 Å². The minimum Gasteiger partial charge on any atom is -0.381 e. The minimum absolute atomic E-state index is 1.00. The van der Waals surface area contributed by atoms with Crippen molar-refractivity contribution in [1.29, 1.82) is 0 Å². The zero-order valence-electron chi connectivity index (χ0n) is 5.32. The average molecular weight is 228 g/mol. The molecule has 1 saturated heterocycles. The second kappa shape index (κ2) is 7.69. The lowest BCUT2D eigenvalue weighted by molar-refractivity contribution is 0.0367. The molecule has 1 aliphatic heterocycles. The Bertz CT molecular complexity index is 29.5. The molecule has 8 heavy (non-hydrogen) atoms. The molecule has 1 aliphatic rings. The summed E-state index contributed by atoms with van der Waals surface area (Å²) in [5.74, 6) is 0. The molecular weight excluding hydrogens is 215 g/mol. The summed E-state index contributed by atoms with van der Waals surface area (Å²) in [5.41, 5.74) is 0. The van der Waals surface area contributed by atoms with Gasteiger partial charge in [0.2, 0.25) is 0 Å². The fourth-order valence-corrected chi connectivity index (χ4v) is 0.144. The van der Waals surface area contributed by atoms with Gasteiger partial charge in [-0.2, -0.15) is 0 Å². The standard InChI is InChI=1S/C3H7I.C3H6O/c1-2-3-4;1-2-4-3-1/h2-3H2,1H3;1-3H2. The molecule has 0 spiro atoms. The zero-order chi connectivity index (χ0) is 6.24. The van der Waals surface area contributed by atoms with E-state index < -0.39 is 0 Å². The maximum absolute atomic E-state index is 4.72. The summed E-state index contributed by atoms with van der Waals surface area (Å²) in [7, 11) is 0. The average Bonchev–Trinajstić information content (AvgIpc) is 1.61. The number of hydrogen-bond donors (Lipinski definition) is 0. The van der Waals surface area contributed by atoms with Crippen LogP contribution in [-0.2, 0) is 4.74 Å². The lowest BCUT2D eigenvalue weighted by Gasteiger charge is -2.09. The Hall–Kier alpha value is 0.690. The third-order valence-electron chi connectivity index (χ3n) is 0.766. The van der Waals surface area contributed by atoms with Crippen LogP contribution in [0.4, 0.5) is 0 Å². The molecule has 1 fully saturated rings. The van der Waals surface area contributed by atoms with Crippen LogP contribution in [0.1, 0.15) is 19.8 Å². The molecule has 0 atom stereocenters. The molecule has 0 saturated carbocycles. The first-order valence-electron chi connectivity index (χ1n) is 3.05. The largest absolute Gasteiger partial charge is 0.381 e. The van der Waals surface area contributed by atoms with E-state index in [1.807, 2.05) is 0 Å². The van der Waals surface area contributed by atoms with Crippen molar-refractivity contribution in [3.8, 4) is 0 Å². The van der Waals surface area contributed by atoms with Crippen molar-refractivity contribution in [1.82, 2.24) is 0 Å². The molecule has 50 valence electrons. The van der Waals surface area contributed by atoms with Crippen molar-refractivity contribution < 1.29 is 4.74 Å². The maximum Gasteiger partial charge on any atom is 0.0488 e. The van der Waals surface area contributed by atoms with E-state index in [1.165, 1.54) is 17.3 Å². The second-order valence-corrected chi connectivity index (χ2v) is 2.73. The van der Waals surface area contributed by atoms with Gasteiger partial charge in [0, 0.05) is 13.2 Å². The van der Waals surface area contributed by atoms with Crippen LogP contribution in [0.3, 0.4) is 0 Å². The van der Waals surface area contributed by atoms with Gasteiger partial charge in [-0.1, -0.05) is 29.5 Å². The Labute approximate surface area is 64.9 Å². The van der Waals surface area contributed by atoms with Gasteiger partial charge in [-0.3, -0.25) is 0 Å². The third-order valence-corrected chi connectivity index (χ3v) is 1.85. The summed E-state index contributed by atoms with van der Waals surface area (Å²) in [6.07, 6.45) is 2.58. The SMILES string of the molecule is C1COC1.CCCI. The molecule has 0 aromatic carbocycles. The first-order chi connectivity index (χ1) is 3.91. The van der Waals surface area contributed by atoms with Crippen LogP contribution < -0.4 is 0 Å².